The number of carboxylic acids is 1. The first-order valence-electron chi connectivity index (χ1n) is 11.6. The summed E-state index contributed by atoms with van der Waals surface area (Å²) in [6.45, 7) is 2.40. The van der Waals surface area contributed by atoms with Crippen molar-refractivity contribution in [2.45, 2.75) is 50.7 Å². The van der Waals surface area contributed by atoms with Gasteiger partial charge in [0.2, 0.25) is 5.91 Å². The van der Waals surface area contributed by atoms with Crippen LogP contribution in [0, 0.1) is 0 Å². The SMILES string of the molecule is CCCC(CNC(=O)C(CCC(=O)O)NC(=O)OCC1c2ccccc2-c2ccccc21)OC. The van der Waals surface area contributed by atoms with Crippen LogP contribution in [0.15, 0.2) is 48.5 Å². The number of benzene rings is 2. The topological polar surface area (TPSA) is 114 Å². The number of hydrogen-bond donors (Lipinski definition) is 3. The first-order valence-corrected chi connectivity index (χ1v) is 11.6. The van der Waals surface area contributed by atoms with E-state index in [1.807, 2.05) is 55.5 Å². The van der Waals surface area contributed by atoms with Gasteiger partial charge in [-0.15, -0.1) is 0 Å². The molecule has 0 aliphatic heterocycles. The van der Waals surface area contributed by atoms with E-state index in [4.69, 9.17) is 14.6 Å². The number of methoxy groups -OCH3 is 1. The number of fused-ring (bicyclic) bond motifs is 3. The predicted octanol–water partition coefficient (Wildman–Crippen LogP) is 3.69. The fourth-order valence-corrected chi connectivity index (χ4v) is 4.28. The Hall–Kier alpha value is -3.39. The van der Waals surface area contributed by atoms with Gasteiger partial charge >= 0.3 is 12.1 Å². The van der Waals surface area contributed by atoms with Crippen LogP contribution in [0.1, 0.15) is 49.7 Å². The second kappa shape index (κ2) is 12.2. The van der Waals surface area contributed by atoms with Crippen molar-refractivity contribution in [2.75, 3.05) is 20.3 Å². The van der Waals surface area contributed by atoms with E-state index in [0.29, 0.717) is 0 Å². The van der Waals surface area contributed by atoms with E-state index in [1.54, 1.807) is 7.11 Å². The van der Waals surface area contributed by atoms with Gasteiger partial charge in [0.1, 0.15) is 12.6 Å². The van der Waals surface area contributed by atoms with E-state index < -0.39 is 24.0 Å². The van der Waals surface area contributed by atoms with E-state index in [2.05, 4.69) is 10.6 Å². The zero-order valence-corrected chi connectivity index (χ0v) is 19.6. The predicted molar refractivity (Wildman–Crippen MR) is 128 cm³/mol. The fraction of sp³-hybridized carbons (Fsp3) is 0.423. The molecule has 0 heterocycles. The minimum Gasteiger partial charge on any atom is -0.481 e. The lowest BCUT2D eigenvalue weighted by Crippen LogP contribution is -2.49. The van der Waals surface area contributed by atoms with Crippen molar-refractivity contribution in [3.63, 3.8) is 0 Å². The van der Waals surface area contributed by atoms with Crippen LogP contribution in [0.25, 0.3) is 11.1 Å². The number of rotatable bonds is 12. The van der Waals surface area contributed by atoms with Crippen molar-refractivity contribution in [1.29, 1.82) is 0 Å². The third-order valence-corrected chi connectivity index (χ3v) is 6.05. The van der Waals surface area contributed by atoms with Crippen molar-refractivity contribution in [3.8, 4) is 11.1 Å². The maximum Gasteiger partial charge on any atom is 0.407 e. The lowest BCUT2D eigenvalue weighted by atomic mass is 9.98. The molecule has 2 aromatic carbocycles. The molecular formula is C26H32N2O6. The molecule has 3 N–H and O–H groups in total. The molecule has 1 aliphatic carbocycles. The highest BCUT2D eigenvalue weighted by Crippen LogP contribution is 2.44. The Morgan fingerprint density at radius 2 is 1.62 bits per heavy atom. The van der Waals surface area contributed by atoms with Gasteiger partial charge in [0.05, 0.1) is 6.10 Å². The van der Waals surface area contributed by atoms with Gasteiger partial charge in [0.25, 0.3) is 0 Å². The van der Waals surface area contributed by atoms with Crippen LogP contribution in [0.2, 0.25) is 0 Å². The summed E-state index contributed by atoms with van der Waals surface area (Å²) in [5.74, 6) is -1.62. The van der Waals surface area contributed by atoms with Crippen molar-refractivity contribution in [1.82, 2.24) is 10.6 Å². The highest BCUT2D eigenvalue weighted by Gasteiger charge is 2.30. The summed E-state index contributed by atoms with van der Waals surface area (Å²) >= 11 is 0. The van der Waals surface area contributed by atoms with Gasteiger partial charge in [-0.05, 0) is 35.1 Å². The standard InChI is InChI=1S/C26H32N2O6/c1-3-8-17(33-2)15-27-25(31)23(13-14-24(29)30)28-26(32)34-16-22-20-11-6-4-9-18(20)19-10-5-7-12-21(19)22/h4-7,9-12,17,22-23H,3,8,13-16H2,1-2H3,(H,27,31)(H,28,32)(H,29,30). The number of carbonyl (C=O) groups is 3. The van der Waals surface area contributed by atoms with E-state index in [1.165, 1.54) is 0 Å². The highest BCUT2D eigenvalue weighted by atomic mass is 16.5. The van der Waals surface area contributed by atoms with Crippen LogP contribution in [0.5, 0.6) is 0 Å². The molecule has 8 nitrogen and oxygen atoms in total. The van der Waals surface area contributed by atoms with Gasteiger partial charge in [-0.25, -0.2) is 4.79 Å². The summed E-state index contributed by atoms with van der Waals surface area (Å²) in [4.78, 5) is 36.3. The zero-order valence-electron chi connectivity index (χ0n) is 19.6. The molecule has 0 fully saturated rings. The molecule has 2 atom stereocenters. The first-order chi connectivity index (χ1) is 16.4. The molecule has 0 bridgehead atoms. The number of ether oxygens (including phenoxy) is 2. The van der Waals surface area contributed by atoms with Crippen LogP contribution in [-0.4, -0.2) is 55.5 Å². The number of aliphatic carboxylic acids is 1. The molecule has 0 saturated heterocycles. The van der Waals surface area contributed by atoms with Crippen LogP contribution in [-0.2, 0) is 19.1 Å². The Morgan fingerprint density at radius 3 is 2.18 bits per heavy atom. The Morgan fingerprint density at radius 1 is 1.00 bits per heavy atom. The average Bonchev–Trinajstić information content (AvgIpc) is 3.16. The van der Waals surface area contributed by atoms with Crippen molar-refractivity contribution in [2.24, 2.45) is 0 Å². The zero-order chi connectivity index (χ0) is 24.5. The molecule has 2 unspecified atom stereocenters. The molecule has 0 radical (unpaired) electrons. The third kappa shape index (κ3) is 6.35. The number of alkyl carbamates (subject to hydrolysis) is 1. The Bertz CT molecular complexity index is 963. The van der Waals surface area contributed by atoms with E-state index in [-0.39, 0.29) is 38.0 Å². The third-order valence-electron chi connectivity index (χ3n) is 6.05. The van der Waals surface area contributed by atoms with Crippen LogP contribution < -0.4 is 10.6 Å². The minimum atomic E-state index is -1.05. The van der Waals surface area contributed by atoms with Gasteiger partial charge in [0, 0.05) is 26.0 Å². The molecule has 0 spiro atoms. The summed E-state index contributed by atoms with van der Waals surface area (Å²) in [5, 5.41) is 14.3. The molecule has 2 amide bonds. The molecule has 182 valence electrons. The van der Waals surface area contributed by atoms with Crippen LogP contribution in [0.3, 0.4) is 0 Å². The number of hydrogen-bond acceptors (Lipinski definition) is 5. The Balaban J connectivity index is 1.62. The van der Waals surface area contributed by atoms with Gasteiger partial charge < -0.3 is 25.2 Å². The largest absolute Gasteiger partial charge is 0.481 e. The summed E-state index contributed by atoms with van der Waals surface area (Å²) in [6.07, 6.45) is 0.458. The monoisotopic (exact) mass is 468 g/mol. The normalized spacial score (nSPS) is 13.9. The quantitative estimate of drug-likeness (QED) is 0.438. The fourth-order valence-electron chi connectivity index (χ4n) is 4.28. The maximum absolute atomic E-state index is 12.7. The number of carbonyl (C=O) groups excluding carboxylic acids is 2. The van der Waals surface area contributed by atoms with Crippen LogP contribution in [0.4, 0.5) is 4.79 Å². The van der Waals surface area contributed by atoms with Crippen molar-refractivity contribution < 1.29 is 29.0 Å². The molecule has 2 aromatic rings. The highest BCUT2D eigenvalue weighted by molar-refractivity contribution is 5.86. The lowest BCUT2D eigenvalue weighted by molar-refractivity contribution is -0.137. The van der Waals surface area contributed by atoms with E-state index in [9.17, 15) is 14.4 Å². The summed E-state index contributed by atoms with van der Waals surface area (Å²) < 4.78 is 10.8. The molecule has 34 heavy (non-hydrogen) atoms. The lowest BCUT2D eigenvalue weighted by Gasteiger charge is -2.21. The summed E-state index contributed by atoms with van der Waals surface area (Å²) in [5.41, 5.74) is 4.40. The van der Waals surface area contributed by atoms with E-state index >= 15 is 0 Å². The summed E-state index contributed by atoms with van der Waals surface area (Å²) in [6, 6.07) is 15.0. The summed E-state index contributed by atoms with van der Waals surface area (Å²) in [7, 11) is 1.57. The van der Waals surface area contributed by atoms with Crippen molar-refractivity contribution in [3.05, 3.63) is 59.7 Å². The number of amides is 2. The second-order valence-electron chi connectivity index (χ2n) is 8.35. The average molecular weight is 469 g/mol. The second-order valence-corrected chi connectivity index (χ2v) is 8.35. The van der Waals surface area contributed by atoms with E-state index in [0.717, 1.165) is 35.1 Å². The van der Waals surface area contributed by atoms with Gasteiger partial charge in [-0.2, -0.15) is 0 Å². The van der Waals surface area contributed by atoms with Crippen LogP contribution >= 0.6 is 0 Å². The number of carboxylic acid groups (broad SMARTS) is 1. The first kappa shape index (κ1) is 25.2. The molecule has 1 aliphatic rings. The van der Waals surface area contributed by atoms with Gasteiger partial charge in [0.15, 0.2) is 0 Å². The molecule has 0 aromatic heterocycles. The van der Waals surface area contributed by atoms with Gasteiger partial charge in [-0.1, -0.05) is 61.9 Å². The Labute approximate surface area is 199 Å². The molecule has 3 rings (SSSR count). The minimum absolute atomic E-state index is 0.0449. The Kier molecular flexibility index (Phi) is 9.04. The van der Waals surface area contributed by atoms with Gasteiger partial charge in [-0.3, -0.25) is 9.59 Å². The molecule has 8 heteroatoms. The van der Waals surface area contributed by atoms with Crippen molar-refractivity contribution >= 4 is 18.0 Å². The smallest absolute Gasteiger partial charge is 0.407 e. The molecule has 0 saturated carbocycles. The maximum atomic E-state index is 12.7. The number of nitrogens with one attached hydrogen (secondary N) is 2. The molecular weight excluding hydrogens is 436 g/mol.